The average Bonchev–Trinajstić information content (AvgIpc) is 3.57. The van der Waals surface area contributed by atoms with Crippen LogP contribution in [0.3, 0.4) is 0 Å². The minimum absolute atomic E-state index is 0.0776. The third-order valence-corrected chi connectivity index (χ3v) is 9.19. The monoisotopic (exact) mass is 567 g/mol. The van der Waals surface area contributed by atoms with Gasteiger partial charge < -0.3 is 20.3 Å². The Morgan fingerprint density at radius 2 is 1.74 bits per heavy atom. The number of halogens is 2. The van der Waals surface area contributed by atoms with Crippen molar-refractivity contribution in [3.8, 4) is 0 Å². The predicted molar refractivity (Wildman–Crippen MR) is 149 cm³/mol. The predicted octanol–water partition coefficient (Wildman–Crippen LogP) is 4.77. The van der Waals surface area contributed by atoms with E-state index in [1.807, 2.05) is 36.4 Å². The number of hydrogen-bond donors (Lipinski definition) is 2. The van der Waals surface area contributed by atoms with Crippen molar-refractivity contribution in [1.29, 1.82) is 0 Å². The van der Waals surface area contributed by atoms with Crippen LogP contribution < -0.4 is 10.6 Å². The number of nitrogens with zero attached hydrogens (tertiary/aromatic N) is 1. The number of nitrogens with one attached hydrogen (secondary N) is 2. The Kier molecular flexibility index (Phi) is 7.16. The average molecular weight is 569 g/mol. The topological polar surface area (TPSA) is 87.7 Å². The Bertz CT molecular complexity index is 1310. The Balaban J connectivity index is 1.29. The highest BCUT2D eigenvalue weighted by molar-refractivity contribution is 6.31. The van der Waals surface area contributed by atoms with Crippen molar-refractivity contribution in [2.24, 2.45) is 11.8 Å². The molecule has 2 aromatic carbocycles. The first-order valence-corrected chi connectivity index (χ1v) is 14.4. The lowest BCUT2D eigenvalue weighted by Crippen LogP contribution is -2.56. The van der Waals surface area contributed by atoms with E-state index in [9.17, 15) is 14.4 Å². The standard InChI is InChI=1S/C30H31Cl2N3O4/c31-19-10-12-21(13-11-19)33-27(36)24-23-14-16-30(39-23)25(24)29(38)35(17-15-18-6-4-5-9-22(18)32)26(30)28(37)34-20-7-2-1-3-8-20/h4-6,9-14,16,20,23-26H,1-3,7-8,15,17H2,(H,33,36)(H,34,37)/t23-,24?,25-,26?,30?/m0/s1. The minimum atomic E-state index is -1.19. The smallest absolute Gasteiger partial charge is 0.246 e. The van der Waals surface area contributed by atoms with Gasteiger partial charge in [-0.15, -0.1) is 0 Å². The number of ether oxygens (including phenoxy) is 1. The number of amides is 3. The molecule has 0 radical (unpaired) electrons. The minimum Gasteiger partial charge on any atom is -0.359 e. The lowest BCUT2D eigenvalue weighted by atomic mass is 9.74. The van der Waals surface area contributed by atoms with Crippen molar-refractivity contribution >= 4 is 46.6 Å². The van der Waals surface area contributed by atoms with Gasteiger partial charge in [-0.05, 0) is 55.2 Å². The van der Waals surface area contributed by atoms with Crippen molar-refractivity contribution in [1.82, 2.24) is 10.2 Å². The maximum Gasteiger partial charge on any atom is 0.246 e. The Hall–Kier alpha value is -2.87. The van der Waals surface area contributed by atoms with Gasteiger partial charge in [0.25, 0.3) is 0 Å². The first-order valence-electron chi connectivity index (χ1n) is 13.7. The molecule has 3 aliphatic heterocycles. The lowest BCUT2D eigenvalue weighted by molar-refractivity contribution is -0.141. The molecule has 2 bridgehead atoms. The number of carbonyl (C=O) groups excluding carboxylic acids is 3. The number of rotatable bonds is 7. The SMILES string of the molecule is O=C(Nc1ccc(Cl)cc1)C1[C@@H]2C=CC3(O2)C(C(=O)NC2CCCCC2)N(CCc2ccccc2Cl)C(=O)[C@H]13. The Morgan fingerprint density at radius 1 is 1.00 bits per heavy atom. The molecule has 204 valence electrons. The molecule has 3 heterocycles. The van der Waals surface area contributed by atoms with Crippen LogP contribution in [-0.4, -0.2) is 53.0 Å². The fourth-order valence-electron chi connectivity index (χ4n) is 6.74. The van der Waals surface area contributed by atoms with Gasteiger partial charge in [0.05, 0.1) is 17.9 Å². The lowest BCUT2D eigenvalue weighted by Gasteiger charge is -2.34. The highest BCUT2D eigenvalue weighted by Gasteiger charge is 2.72. The molecular weight excluding hydrogens is 537 g/mol. The summed E-state index contributed by atoms with van der Waals surface area (Å²) in [5, 5.41) is 7.30. The van der Waals surface area contributed by atoms with E-state index in [2.05, 4.69) is 10.6 Å². The van der Waals surface area contributed by atoms with Crippen LogP contribution in [0.15, 0.2) is 60.7 Å². The molecule has 1 saturated carbocycles. The van der Waals surface area contributed by atoms with Crippen LogP contribution in [0.2, 0.25) is 10.0 Å². The van der Waals surface area contributed by atoms with Gasteiger partial charge >= 0.3 is 0 Å². The second-order valence-electron chi connectivity index (χ2n) is 10.9. The molecule has 0 aromatic heterocycles. The summed E-state index contributed by atoms with van der Waals surface area (Å²) in [6.07, 6.45) is 8.73. The largest absolute Gasteiger partial charge is 0.359 e. The van der Waals surface area contributed by atoms with Gasteiger partial charge in [-0.1, -0.05) is 72.8 Å². The normalized spacial score (nSPS) is 29.5. The molecule has 2 aromatic rings. The zero-order valence-corrected chi connectivity index (χ0v) is 23.0. The fourth-order valence-corrected chi connectivity index (χ4v) is 7.09. The number of benzene rings is 2. The van der Waals surface area contributed by atoms with Crippen LogP contribution in [-0.2, 0) is 25.5 Å². The van der Waals surface area contributed by atoms with Crippen molar-refractivity contribution in [2.45, 2.75) is 62.3 Å². The maximum absolute atomic E-state index is 14.1. The van der Waals surface area contributed by atoms with Gasteiger partial charge in [-0.3, -0.25) is 14.4 Å². The van der Waals surface area contributed by atoms with Crippen molar-refractivity contribution in [3.05, 3.63) is 76.3 Å². The van der Waals surface area contributed by atoms with Gasteiger partial charge in [0, 0.05) is 28.3 Å². The molecule has 2 N–H and O–H groups in total. The van der Waals surface area contributed by atoms with Crippen LogP contribution in [0.25, 0.3) is 0 Å². The second-order valence-corrected chi connectivity index (χ2v) is 11.8. The molecule has 4 aliphatic rings. The third-order valence-electron chi connectivity index (χ3n) is 8.57. The molecule has 9 heteroatoms. The number of likely N-dealkylation sites (tertiary alicyclic amines) is 1. The molecule has 1 aliphatic carbocycles. The van der Waals surface area contributed by atoms with Crippen molar-refractivity contribution < 1.29 is 19.1 Å². The van der Waals surface area contributed by atoms with E-state index < -0.39 is 29.6 Å². The van der Waals surface area contributed by atoms with E-state index in [0.29, 0.717) is 22.2 Å². The number of hydrogen-bond acceptors (Lipinski definition) is 4. The molecule has 39 heavy (non-hydrogen) atoms. The number of carbonyl (C=O) groups is 3. The molecule has 6 rings (SSSR count). The molecule has 3 amide bonds. The van der Waals surface area contributed by atoms with Crippen LogP contribution in [0, 0.1) is 11.8 Å². The van der Waals surface area contributed by atoms with E-state index >= 15 is 0 Å². The van der Waals surface area contributed by atoms with Gasteiger partial charge in [0.15, 0.2) is 0 Å². The van der Waals surface area contributed by atoms with Gasteiger partial charge in [-0.2, -0.15) is 0 Å². The maximum atomic E-state index is 14.1. The summed E-state index contributed by atoms with van der Waals surface area (Å²) in [5.41, 5.74) is 0.284. The van der Waals surface area contributed by atoms with E-state index in [1.165, 1.54) is 6.42 Å². The summed E-state index contributed by atoms with van der Waals surface area (Å²) in [7, 11) is 0. The zero-order valence-electron chi connectivity index (χ0n) is 21.4. The summed E-state index contributed by atoms with van der Waals surface area (Å²) < 4.78 is 6.43. The second kappa shape index (κ2) is 10.6. The number of anilines is 1. The van der Waals surface area contributed by atoms with E-state index in [4.69, 9.17) is 27.9 Å². The summed E-state index contributed by atoms with van der Waals surface area (Å²) in [6, 6.07) is 13.5. The van der Waals surface area contributed by atoms with E-state index in [0.717, 1.165) is 31.2 Å². The summed E-state index contributed by atoms with van der Waals surface area (Å²) in [5.74, 6) is -2.33. The highest BCUT2D eigenvalue weighted by Crippen LogP contribution is 2.55. The molecular formula is C30H31Cl2N3O4. The first kappa shape index (κ1) is 26.4. The summed E-state index contributed by atoms with van der Waals surface area (Å²) in [4.78, 5) is 43.2. The van der Waals surface area contributed by atoms with Gasteiger partial charge in [0.1, 0.15) is 11.6 Å². The molecule has 7 nitrogen and oxygen atoms in total. The van der Waals surface area contributed by atoms with Gasteiger partial charge in [-0.25, -0.2) is 0 Å². The molecule has 3 fully saturated rings. The van der Waals surface area contributed by atoms with Crippen LogP contribution in [0.4, 0.5) is 5.69 Å². The van der Waals surface area contributed by atoms with Crippen molar-refractivity contribution in [2.75, 3.05) is 11.9 Å². The van der Waals surface area contributed by atoms with Crippen LogP contribution in [0.5, 0.6) is 0 Å². The first-order chi connectivity index (χ1) is 18.9. The summed E-state index contributed by atoms with van der Waals surface area (Å²) >= 11 is 12.4. The molecule has 1 spiro atoms. The molecule has 5 atom stereocenters. The fraction of sp³-hybridized carbons (Fsp3) is 0.433. The zero-order chi connectivity index (χ0) is 27.1. The summed E-state index contributed by atoms with van der Waals surface area (Å²) in [6.45, 7) is 0.289. The Morgan fingerprint density at radius 3 is 2.49 bits per heavy atom. The van der Waals surface area contributed by atoms with Gasteiger partial charge in [0.2, 0.25) is 17.7 Å². The van der Waals surface area contributed by atoms with Crippen molar-refractivity contribution in [3.63, 3.8) is 0 Å². The van der Waals surface area contributed by atoms with E-state index in [1.54, 1.807) is 29.2 Å². The highest BCUT2D eigenvalue weighted by atomic mass is 35.5. The molecule has 3 unspecified atom stereocenters. The number of fused-ring (bicyclic) bond motifs is 1. The third kappa shape index (κ3) is 4.75. The van der Waals surface area contributed by atoms with Crippen LogP contribution >= 0.6 is 23.2 Å². The quantitative estimate of drug-likeness (QED) is 0.471. The molecule has 2 saturated heterocycles. The van der Waals surface area contributed by atoms with E-state index in [-0.39, 0.29) is 30.3 Å². The Labute approximate surface area is 237 Å². The van der Waals surface area contributed by atoms with Crippen LogP contribution in [0.1, 0.15) is 37.7 Å².